The van der Waals surface area contributed by atoms with Gasteiger partial charge in [-0.25, -0.2) is 8.42 Å². The zero-order valence-corrected chi connectivity index (χ0v) is 14.2. The quantitative estimate of drug-likeness (QED) is 0.783. The highest BCUT2D eigenvalue weighted by Crippen LogP contribution is 2.26. The van der Waals surface area contributed by atoms with Gasteiger partial charge in [-0.05, 0) is 51.6 Å². The summed E-state index contributed by atoms with van der Waals surface area (Å²) in [5.74, 6) is -0.444. The Morgan fingerprint density at radius 1 is 0.909 bits per heavy atom. The van der Waals surface area contributed by atoms with Crippen LogP contribution in [0.5, 0.6) is 0 Å². The van der Waals surface area contributed by atoms with Crippen molar-refractivity contribution in [3.63, 3.8) is 0 Å². The molecule has 0 radical (unpaired) electrons. The van der Waals surface area contributed by atoms with E-state index in [0.717, 1.165) is 64.7 Å². The largest absolute Gasteiger partial charge is 0.340 e. The maximum atomic E-state index is 12.5. The molecular formula is C16H28N2O3S. The lowest BCUT2D eigenvalue weighted by Crippen LogP contribution is -2.50. The third-order valence-electron chi connectivity index (χ3n) is 5.54. The summed E-state index contributed by atoms with van der Waals surface area (Å²) in [4.78, 5) is 16.7. The molecule has 2 heterocycles. The predicted molar refractivity (Wildman–Crippen MR) is 86.5 cm³/mol. The van der Waals surface area contributed by atoms with E-state index in [-0.39, 0.29) is 16.9 Å². The highest BCUT2D eigenvalue weighted by molar-refractivity contribution is 7.92. The van der Waals surface area contributed by atoms with Crippen molar-refractivity contribution in [1.29, 1.82) is 0 Å². The van der Waals surface area contributed by atoms with Gasteiger partial charge in [0.15, 0.2) is 9.84 Å². The maximum Gasteiger partial charge on any atom is 0.237 e. The average molecular weight is 328 g/mol. The number of rotatable bonds is 4. The van der Waals surface area contributed by atoms with Crippen molar-refractivity contribution in [3.05, 3.63) is 0 Å². The van der Waals surface area contributed by atoms with Crippen molar-refractivity contribution in [2.24, 2.45) is 0 Å². The van der Waals surface area contributed by atoms with E-state index < -0.39 is 9.84 Å². The second kappa shape index (κ2) is 6.87. The molecule has 126 valence electrons. The zero-order valence-electron chi connectivity index (χ0n) is 13.4. The fourth-order valence-electron chi connectivity index (χ4n) is 4.21. The van der Waals surface area contributed by atoms with Crippen LogP contribution < -0.4 is 0 Å². The lowest BCUT2D eigenvalue weighted by molar-refractivity contribution is -0.130. The Balaban J connectivity index is 1.57. The molecule has 3 rings (SSSR count). The third-order valence-corrected chi connectivity index (χ3v) is 7.68. The Bertz CT molecular complexity index is 494. The van der Waals surface area contributed by atoms with Crippen molar-refractivity contribution >= 4 is 15.7 Å². The van der Waals surface area contributed by atoms with E-state index in [9.17, 15) is 13.2 Å². The van der Waals surface area contributed by atoms with Gasteiger partial charge in [0.25, 0.3) is 0 Å². The highest BCUT2D eigenvalue weighted by Gasteiger charge is 2.34. The number of hydrogen-bond acceptors (Lipinski definition) is 4. The normalized spacial score (nSPS) is 28.4. The molecule has 3 aliphatic rings. The van der Waals surface area contributed by atoms with Gasteiger partial charge in [-0.2, -0.15) is 0 Å². The topological polar surface area (TPSA) is 57.7 Å². The van der Waals surface area contributed by atoms with E-state index in [1.165, 1.54) is 12.8 Å². The second-order valence-corrected chi connectivity index (χ2v) is 9.37. The van der Waals surface area contributed by atoms with Crippen LogP contribution in [0.15, 0.2) is 0 Å². The first-order valence-corrected chi connectivity index (χ1v) is 10.5. The van der Waals surface area contributed by atoms with Crippen molar-refractivity contribution in [2.45, 2.75) is 62.7 Å². The molecule has 3 fully saturated rings. The van der Waals surface area contributed by atoms with Gasteiger partial charge in [0.1, 0.15) is 5.75 Å². The van der Waals surface area contributed by atoms with Gasteiger partial charge in [0.05, 0.1) is 5.25 Å². The summed E-state index contributed by atoms with van der Waals surface area (Å²) >= 11 is 0. The fourth-order valence-corrected chi connectivity index (χ4v) is 6.03. The molecule has 2 aliphatic heterocycles. The number of amides is 1. The Morgan fingerprint density at radius 3 is 2.27 bits per heavy atom. The number of carbonyl (C=O) groups excluding carboxylic acids is 1. The molecule has 1 unspecified atom stereocenters. The van der Waals surface area contributed by atoms with E-state index in [0.29, 0.717) is 6.04 Å². The summed E-state index contributed by atoms with van der Waals surface area (Å²) in [6.07, 6.45) is 8.09. The lowest BCUT2D eigenvalue weighted by Gasteiger charge is -2.37. The molecule has 0 aromatic heterocycles. The van der Waals surface area contributed by atoms with Crippen LogP contribution in [0.25, 0.3) is 0 Å². The molecule has 0 aromatic rings. The smallest absolute Gasteiger partial charge is 0.237 e. The first-order chi connectivity index (χ1) is 10.6. The SMILES string of the molecule is O=C(CS(=O)(=O)C1CCCC1)N1CCCC(N2CCCC2)C1. The molecule has 2 saturated heterocycles. The molecule has 0 bridgehead atoms. The van der Waals surface area contributed by atoms with Crippen molar-refractivity contribution in [3.8, 4) is 0 Å². The Labute approximate surface area is 134 Å². The van der Waals surface area contributed by atoms with E-state index in [1.807, 2.05) is 0 Å². The van der Waals surface area contributed by atoms with Crippen LogP contribution in [0.1, 0.15) is 51.4 Å². The van der Waals surface area contributed by atoms with Gasteiger partial charge < -0.3 is 4.90 Å². The van der Waals surface area contributed by atoms with Gasteiger partial charge in [-0.3, -0.25) is 9.69 Å². The average Bonchev–Trinajstić information content (AvgIpc) is 3.20. The summed E-state index contributed by atoms with van der Waals surface area (Å²) in [5.41, 5.74) is 0. The molecule has 0 spiro atoms. The second-order valence-electron chi connectivity index (χ2n) is 7.09. The number of likely N-dealkylation sites (tertiary alicyclic amines) is 2. The third kappa shape index (κ3) is 3.65. The molecule has 0 N–H and O–H groups in total. The minimum absolute atomic E-state index is 0.171. The van der Waals surface area contributed by atoms with Crippen LogP contribution in [-0.2, 0) is 14.6 Å². The van der Waals surface area contributed by atoms with E-state index >= 15 is 0 Å². The van der Waals surface area contributed by atoms with Crippen LogP contribution in [0.3, 0.4) is 0 Å². The van der Waals surface area contributed by atoms with Gasteiger partial charge >= 0.3 is 0 Å². The van der Waals surface area contributed by atoms with Crippen molar-refractivity contribution < 1.29 is 13.2 Å². The molecule has 6 heteroatoms. The summed E-state index contributed by atoms with van der Waals surface area (Å²) in [5, 5.41) is -0.268. The molecule has 5 nitrogen and oxygen atoms in total. The Kier molecular flexibility index (Phi) is 5.07. The standard InChI is InChI=1S/C16H28N2O3S/c19-16(13-22(20,21)15-7-1-2-8-15)18-11-5-6-14(12-18)17-9-3-4-10-17/h14-15H,1-13H2. The van der Waals surface area contributed by atoms with E-state index in [4.69, 9.17) is 0 Å². The number of carbonyl (C=O) groups is 1. The van der Waals surface area contributed by atoms with Gasteiger partial charge in [0, 0.05) is 19.1 Å². The Morgan fingerprint density at radius 2 is 1.59 bits per heavy atom. The molecular weight excluding hydrogens is 300 g/mol. The number of sulfone groups is 1. The molecule has 1 saturated carbocycles. The van der Waals surface area contributed by atoms with Crippen LogP contribution in [0.4, 0.5) is 0 Å². The predicted octanol–water partition coefficient (Wildman–Crippen LogP) is 1.43. The van der Waals surface area contributed by atoms with Gasteiger partial charge in [0.2, 0.25) is 5.91 Å². The first-order valence-electron chi connectivity index (χ1n) is 8.80. The molecule has 1 atom stereocenters. The summed E-state index contributed by atoms with van der Waals surface area (Å²) < 4.78 is 24.7. The summed E-state index contributed by atoms with van der Waals surface area (Å²) in [6.45, 7) is 3.71. The fraction of sp³-hybridized carbons (Fsp3) is 0.938. The van der Waals surface area contributed by atoms with Gasteiger partial charge in [-0.1, -0.05) is 12.8 Å². The van der Waals surface area contributed by atoms with E-state index in [2.05, 4.69) is 4.90 Å². The van der Waals surface area contributed by atoms with Crippen LogP contribution in [0, 0.1) is 0 Å². The minimum atomic E-state index is -3.25. The van der Waals surface area contributed by atoms with Crippen LogP contribution >= 0.6 is 0 Å². The van der Waals surface area contributed by atoms with E-state index in [1.54, 1.807) is 4.90 Å². The number of piperidine rings is 1. The summed E-state index contributed by atoms with van der Waals surface area (Å²) in [6, 6.07) is 0.439. The Hall–Kier alpha value is -0.620. The zero-order chi connectivity index (χ0) is 15.6. The van der Waals surface area contributed by atoms with Crippen LogP contribution in [-0.4, -0.2) is 67.3 Å². The molecule has 1 aliphatic carbocycles. The number of hydrogen-bond donors (Lipinski definition) is 0. The van der Waals surface area contributed by atoms with Gasteiger partial charge in [-0.15, -0.1) is 0 Å². The van der Waals surface area contributed by atoms with Crippen LogP contribution in [0.2, 0.25) is 0 Å². The monoisotopic (exact) mass is 328 g/mol. The molecule has 22 heavy (non-hydrogen) atoms. The highest BCUT2D eigenvalue weighted by atomic mass is 32.2. The number of nitrogens with zero attached hydrogens (tertiary/aromatic N) is 2. The van der Waals surface area contributed by atoms with Crippen molar-refractivity contribution in [2.75, 3.05) is 31.9 Å². The summed E-state index contributed by atoms with van der Waals surface area (Å²) in [7, 11) is -3.25. The van der Waals surface area contributed by atoms with Crippen molar-refractivity contribution in [1.82, 2.24) is 9.80 Å². The molecule has 0 aromatic carbocycles. The molecule has 1 amide bonds. The minimum Gasteiger partial charge on any atom is -0.340 e. The maximum absolute atomic E-state index is 12.5. The first kappa shape index (κ1) is 16.2. The lowest BCUT2D eigenvalue weighted by atomic mass is 10.0.